The van der Waals surface area contributed by atoms with Gasteiger partial charge in [-0.3, -0.25) is 4.79 Å². The van der Waals surface area contributed by atoms with E-state index < -0.39 is 5.97 Å². The molecule has 1 aliphatic rings. The number of ether oxygens (including phenoxy) is 1. The van der Waals surface area contributed by atoms with Crippen molar-refractivity contribution in [2.45, 2.75) is 78.3 Å². The predicted molar refractivity (Wildman–Crippen MR) is 112 cm³/mol. The van der Waals surface area contributed by atoms with Crippen LogP contribution in [0.15, 0.2) is 12.3 Å². The van der Waals surface area contributed by atoms with Crippen LogP contribution in [-0.4, -0.2) is 39.3 Å². The van der Waals surface area contributed by atoms with Crippen molar-refractivity contribution < 1.29 is 14.3 Å². The van der Waals surface area contributed by atoms with Crippen LogP contribution in [0.2, 0.25) is 0 Å². The molecule has 7 nitrogen and oxygen atoms in total. The van der Waals surface area contributed by atoms with Crippen molar-refractivity contribution in [2.75, 3.05) is 6.61 Å². The number of nitrogens with zero attached hydrogens (tertiary/aromatic N) is 3. The first-order valence-electron chi connectivity index (χ1n) is 10.6. The van der Waals surface area contributed by atoms with E-state index in [1.54, 1.807) is 16.9 Å². The monoisotopic (exact) mass is 400 g/mol. The van der Waals surface area contributed by atoms with Crippen molar-refractivity contribution >= 4 is 22.9 Å². The highest BCUT2D eigenvalue weighted by Crippen LogP contribution is 2.25. The normalized spacial score (nSPS) is 19.7. The smallest absolute Gasteiger partial charge is 0.339 e. The van der Waals surface area contributed by atoms with Crippen LogP contribution < -0.4 is 5.32 Å². The lowest BCUT2D eigenvalue weighted by molar-refractivity contribution is -0.125. The number of hydrogen-bond acceptors (Lipinski definition) is 5. The largest absolute Gasteiger partial charge is 0.452 e. The van der Waals surface area contributed by atoms with Crippen molar-refractivity contribution in [1.82, 2.24) is 20.1 Å². The number of pyridine rings is 1. The zero-order chi connectivity index (χ0) is 21.1. The molecule has 0 bridgehead atoms. The van der Waals surface area contributed by atoms with Crippen molar-refractivity contribution in [1.29, 1.82) is 0 Å². The second-order valence-electron chi connectivity index (χ2n) is 8.68. The molecular formula is C22H32N4O3. The van der Waals surface area contributed by atoms with Gasteiger partial charge in [0.1, 0.15) is 0 Å². The number of esters is 1. The molecule has 1 aliphatic carbocycles. The molecule has 158 valence electrons. The van der Waals surface area contributed by atoms with Crippen molar-refractivity contribution in [3.63, 3.8) is 0 Å². The highest BCUT2D eigenvalue weighted by Gasteiger charge is 2.24. The van der Waals surface area contributed by atoms with Crippen LogP contribution >= 0.6 is 0 Å². The van der Waals surface area contributed by atoms with E-state index in [0.717, 1.165) is 25.0 Å². The number of aromatic nitrogens is 3. The van der Waals surface area contributed by atoms with Crippen LogP contribution in [0.1, 0.15) is 88.3 Å². The Morgan fingerprint density at radius 2 is 1.97 bits per heavy atom. The molecule has 2 atom stereocenters. The molecule has 0 aliphatic heterocycles. The molecule has 7 heteroatoms. The number of carbonyl (C=O) groups excluding carboxylic acids is 2. The Kier molecular flexibility index (Phi) is 6.55. The van der Waals surface area contributed by atoms with Crippen LogP contribution in [0.5, 0.6) is 0 Å². The lowest BCUT2D eigenvalue weighted by Gasteiger charge is -2.29. The minimum atomic E-state index is -0.519. The molecule has 1 N–H and O–H groups in total. The number of rotatable bonds is 6. The Morgan fingerprint density at radius 3 is 2.62 bits per heavy atom. The molecule has 1 fully saturated rings. The zero-order valence-corrected chi connectivity index (χ0v) is 18.1. The van der Waals surface area contributed by atoms with Gasteiger partial charge in [-0.2, -0.15) is 5.10 Å². The van der Waals surface area contributed by atoms with Crippen LogP contribution in [0.4, 0.5) is 0 Å². The summed E-state index contributed by atoms with van der Waals surface area (Å²) in [5.74, 6) is -0.157. The minimum Gasteiger partial charge on any atom is -0.452 e. The first-order valence-corrected chi connectivity index (χ1v) is 10.6. The Labute approximate surface area is 172 Å². The molecule has 2 aromatic rings. The summed E-state index contributed by atoms with van der Waals surface area (Å²) >= 11 is 0. The average Bonchev–Trinajstić information content (AvgIpc) is 3.11. The average molecular weight is 401 g/mol. The predicted octanol–water partition coefficient (Wildman–Crippen LogP) is 3.99. The lowest BCUT2D eigenvalue weighted by atomic mass is 9.86. The summed E-state index contributed by atoms with van der Waals surface area (Å²) in [6.45, 7) is 9.97. The van der Waals surface area contributed by atoms with Gasteiger partial charge in [0.15, 0.2) is 12.3 Å². The maximum atomic E-state index is 12.8. The molecule has 0 radical (unpaired) electrons. The Morgan fingerprint density at radius 1 is 1.24 bits per heavy atom. The second-order valence-corrected chi connectivity index (χ2v) is 8.68. The number of amides is 1. The first kappa shape index (κ1) is 21.3. The SMILES string of the molecule is CC(C)c1cc(C(=O)OCC(=O)N[C@H]2CCCC[C@H]2C)c2cnn(C(C)C)c2n1. The van der Waals surface area contributed by atoms with Gasteiger partial charge in [-0.15, -0.1) is 0 Å². The molecule has 1 amide bonds. The Hall–Kier alpha value is -2.44. The number of fused-ring (bicyclic) bond motifs is 1. The van der Waals surface area contributed by atoms with Crippen LogP contribution in [0.3, 0.4) is 0 Å². The third kappa shape index (κ3) is 4.77. The van der Waals surface area contributed by atoms with Crippen molar-refractivity contribution in [3.8, 4) is 0 Å². The maximum absolute atomic E-state index is 12.8. The fourth-order valence-electron chi connectivity index (χ4n) is 3.87. The number of hydrogen-bond donors (Lipinski definition) is 1. The summed E-state index contributed by atoms with van der Waals surface area (Å²) < 4.78 is 7.16. The maximum Gasteiger partial charge on any atom is 0.339 e. The lowest BCUT2D eigenvalue weighted by Crippen LogP contribution is -2.42. The molecule has 3 rings (SSSR count). The third-order valence-electron chi connectivity index (χ3n) is 5.68. The van der Waals surface area contributed by atoms with Gasteiger partial charge in [0.2, 0.25) is 0 Å². The van der Waals surface area contributed by atoms with E-state index >= 15 is 0 Å². The van der Waals surface area contributed by atoms with Gasteiger partial charge >= 0.3 is 5.97 Å². The molecule has 2 aromatic heterocycles. The number of nitrogens with one attached hydrogen (secondary N) is 1. The van der Waals surface area contributed by atoms with E-state index in [9.17, 15) is 9.59 Å². The molecule has 1 saturated carbocycles. The Balaban J connectivity index is 1.75. The van der Waals surface area contributed by atoms with E-state index in [1.807, 2.05) is 27.7 Å². The van der Waals surface area contributed by atoms with Crippen molar-refractivity contribution in [3.05, 3.63) is 23.5 Å². The van der Waals surface area contributed by atoms with E-state index in [0.29, 0.717) is 22.5 Å². The van der Waals surface area contributed by atoms with Gasteiger partial charge in [-0.25, -0.2) is 14.5 Å². The molecule has 0 unspecified atom stereocenters. The molecule has 0 saturated heterocycles. The summed E-state index contributed by atoms with van der Waals surface area (Å²) in [6, 6.07) is 2.04. The van der Waals surface area contributed by atoms with Crippen LogP contribution in [0, 0.1) is 5.92 Å². The molecule has 2 heterocycles. The third-order valence-corrected chi connectivity index (χ3v) is 5.68. The van der Waals surface area contributed by atoms with Gasteiger partial charge in [0.05, 0.1) is 17.1 Å². The minimum absolute atomic E-state index is 0.120. The fraction of sp³-hybridized carbons (Fsp3) is 0.636. The molecule has 0 spiro atoms. The van der Waals surface area contributed by atoms with Gasteiger partial charge < -0.3 is 10.1 Å². The zero-order valence-electron chi connectivity index (χ0n) is 18.1. The summed E-state index contributed by atoms with van der Waals surface area (Å²) in [5.41, 5.74) is 1.87. The molecular weight excluding hydrogens is 368 g/mol. The highest BCUT2D eigenvalue weighted by molar-refractivity contribution is 6.03. The van der Waals surface area contributed by atoms with E-state index in [2.05, 4.69) is 17.3 Å². The standard InChI is InChI=1S/C22H32N4O3/c1-13(2)19-10-16(17-11-23-26(14(3)4)21(17)25-19)22(28)29-12-20(27)24-18-9-7-6-8-15(18)5/h10-11,13-15,18H,6-9,12H2,1-5H3,(H,24,27)/t15-,18+/m1/s1. The quantitative estimate of drug-likeness (QED) is 0.741. The van der Waals surface area contributed by atoms with E-state index in [-0.39, 0.29) is 30.5 Å². The molecule has 29 heavy (non-hydrogen) atoms. The van der Waals surface area contributed by atoms with Gasteiger partial charge in [0, 0.05) is 17.8 Å². The van der Waals surface area contributed by atoms with Crippen LogP contribution in [0.25, 0.3) is 11.0 Å². The summed E-state index contributed by atoms with van der Waals surface area (Å²) in [7, 11) is 0. The first-order chi connectivity index (χ1) is 13.8. The summed E-state index contributed by atoms with van der Waals surface area (Å²) in [6.07, 6.45) is 6.09. The second kappa shape index (κ2) is 8.93. The summed E-state index contributed by atoms with van der Waals surface area (Å²) in [4.78, 5) is 29.8. The topological polar surface area (TPSA) is 86.1 Å². The van der Waals surface area contributed by atoms with Crippen molar-refractivity contribution in [2.24, 2.45) is 5.92 Å². The fourth-order valence-corrected chi connectivity index (χ4v) is 3.87. The van der Waals surface area contributed by atoms with Gasteiger partial charge in [0.25, 0.3) is 5.91 Å². The Bertz CT molecular complexity index is 888. The van der Waals surface area contributed by atoms with E-state index in [1.165, 1.54) is 6.42 Å². The van der Waals surface area contributed by atoms with E-state index in [4.69, 9.17) is 9.72 Å². The molecule has 0 aromatic carbocycles. The van der Waals surface area contributed by atoms with Crippen LogP contribution in [-0.2, 0) is 9.53 Å². The highest BCUT2D eigenvalue weighted by atomic mass is 16.5. The number of carbonyl (C=O) groups is 2. The van der Waals surface area contributed by atoms with Gasteiger partial charge in [-0.05, 0) is 44.6 Å². The summed E-state index contributed by atoms with van der Waals surface area (Å²) in [5, 5.41) is 8.05. The van der Waals surface area contributed by atoms with Gasteiger partial charge in [-0.1, -0.05) is 33.6 Å².